The summed E-state index contributed by atoms with van der Waals surface area (Å²) in [7, 11) is 0. The molecule has 1 aromatic heterocycles. The maximum Gasteiger partial charge on any atom is 0.313 e. The Labute approximate surface area is 172 Å². The zero-order valence-electron chi connectivity index (χ0n) is 17.4. The lowest BCUT2D eigenvalue weighted by atomic mass is 9.96. The number of hydrogen-bond donors (Lipinski definition) is 2. The quantitative estimate of drug-likeness (QED) is 0.762. The fourth-order valence-electron chi connectivity index (χ4n) is 3.58. The van der Waals surface area contributed by atoms with Gasteiger partial charge in [0.2, 0.25) is 0 Å². The van der Waals surface area contributed by atoms with Crippen molar-refractivity contribution in [3.63, 3.8) is 0 Å². The Kier molecular flexibility index (Phi) is 6.86. The van der Waals surface area contributed by atoms with Gasteiger partial charge in [-0.2, -0.15) is 0 Å². The lowest BCUT2D eigenvalue weighted by Gasteiger charge is -2.33. The van der Waals surface area contributed by atoms with Crippen LogP contribution in [-0.2, 0) is 9.59 Å². The molecule has 3 rings (SSSR count). The largest absolute Gasteiger partial charge is 0.371 e. The molecule has 0 radical (unpaired) electrons. The van der Waals surface area contributed by atoms with Crippen molar-refractivity contribution in [2.45, 2.75) is 39.5 Å². The number of nitrogens with zero attached hydrogens (tertiary/aromatic N) is 2. The third-order valence-corrected chi connectivity index (χ3v) is 5.45. The maximum atomic E-state index is 12.1. The first kappa shape index (κ1) is 20.8. The van der Waals surface area contributed by atoms with E-state index in [-0.39, 0.29) is 0 Å². The van der Waals surface area contributed by atoms with Gasteiger partial charge in [0.05, 0.1) is 0 Å². The van der Waals surface area contributed by atoms with Gasteiger partial charge >= 0.3 is 11.8 Å². The van der Waals surface area contributed by atoms with E-state index >= 15 is 0 Å². The number of carbonyl (C=O) groups excluding carboxylic acids is 2. The van der Waals surface area contributed by atoms with Crippen molar-refractivity contribution < 1.29 is 9.59 Å². The first-order valence-corrected chi connectivity index (χ1v) is 10.3. The van der Waals surface area contributed by atoms with Gasteiger partial charge in [0.15, 0.2) is 0 Å². The minimum atomic E-state index is -0.619. The second-order valence-electron chi connectivity index (χ2n) is 8.03. The van der Waals surface area contributed by atoms with Crippen molar-refractivity contribution in [1.82, 2.24) is 10.3 Å². The van der Waals surface area contributed by atoms with E-state index < -0.39 is 11.8 Å². The van der Waals surface area contributed by atoms with Gasteiger partial charge in [-0.3, -0.25) is 14.6 Å². The molecule has 0 bridgehead atoms. The highest BCUT2D eigenvalue weighted by Crippen LogP contribution is 2.23. The van der Waals surface area contributed by atoms with Gasteiger partial charge in [-0.15, -0.1) is 0 Å². The van der Waals surface area contributed by atoms with Crippen molar-refractivity contribution in [1.29, 1.82) is 0 Å². The summed E-state index contributed by atoms with van der Waals surface area (Å²) in [6.45, 7) is 8.64. The average Bonchev–Trinajstić information content (AvgIpc) is 2.72. The third-order valence-electron chi connectivity index (χ3n) is 5.45. The number of carbonyl (C=O) groups is 2. The van der Waals surface area contributed by atoms with Gasteiger partial charge in [-0.25, -0.2) is 0 Å². The van der Waals surface area contributed by atoms with Crippen LogP contribution in [0.15, 0.2) is 42.6 Å². The topological polar surface area (TPSA) is 74.3 Å². The highest BCUT2D eigenvalue weighted by Gasteiger charge is 2.21. The van der Waals surface area contributed by atoms with Crippen molar-refractivity contribution in [3.05, 3.63) is 53.9 Å². The maximum absolute atomic E-state index is 12.1. The molecule has 2 N–H and O–H groups in total. The summed E-state index contributed by atoms with van der Waals surface area (Å²) in [5, 5.41) is 5.45. The van der Waals surface area contributed by atoms with Crippen molar-refractivity contribution in [3.8, 4) is 0 Å². The Morgan fingerprint density at radius 3 is 2.41 bits per heavy atom. The smallest absolute Gasteiger partial charge is 0.313 e. The van der Waals surface area contributed by atoms with Crippen LogP contribution < -0.4 is 15.5 Å². The van der Waals surface area contributed by atoms with Crippen LogP contribution in [0.25, 0.3) is 0 Å². The number of aromatic nitrogens is 1. The summed E-state index contributed by atoms with van der Waals surface area (Å²) >= 11 is 0. The van der Waals surface area contributed by atoms with Crippen LogP contribution in [0.2, 0.25) is 0 Å². The van der Waals surface area contributed by atoms with E-state index in [0.717, 1.165) is 31.6 Å². The zero-order valence-corrected chi connectivity index (χ0v) is 17.4. The van der Waals surface area contributed by atoms with Crippen LogP contribution in [0.1, 0.15) is 43.9 Å². The van der Waals surface area contributed by atoms with E-state index in [1.165, 1.54) is 11.3 Å². The number of aryl methyl sites for hydroxylation is 1. The fourth-order valence-corrected chi connectivity index (χ4v) is 3.58. The van der Waals surface area contributed by atoms with E-state index in [1.54, 1.807) is 0 Å². The minimum Gasteiger partial charge on any atom is -0.371 e. The summed E-state index contributed by atoms with van der Waals surface area (Å²) in [5.74, 6) is -0.384. The molecule has 154 valence electrons. The van der Waals surface area contributed by atoms with Crippen molar-refractivity contribution in [2.75, 3.05) is 29.9 Å². The molecule has 1 aliphatic rings. The molecule has 0 unspecified atom stereocenters. The lowest BCUT2D eigenvalue weighted by Crippen LogP contribution is -2.41. The second-order valence-corrected chi connectivity index (χ2v) is 8.03. The van der Waals surface area contributed by atoms with Gasteiger partial charge in [-0.1, -0.05) is 26.0 Å². The summed E-state index contributed by atoms with van der Waals surface area (Å²) in [6, 6.07) is 11.7. The first-order valence-electron chi connectivity index (χ1n) is 10.3. The van der Waals surface area contributed by atoms with E-state index in [1.807, 2.05) is 43.5 Å². The highest BCUT2D eigenvalue weighted by molar-refractivity contribution is 6.39. The molecule has 1 saturated heterocycles. The third kappa shape index (κ3) is 5.79. The molecule has 6 nitrogen and oxygen atoms in total. The molecule has 2 aromatic rings. The number of amides is 2. The average molecular weight is 395 g/mol. The molecule has 1 aromatic carbocycles. The molecule has 1 aliphatic heterocycles. The number of benzene rings is 1. The highest BCUT2D eigenvalue weighted by atomic mass is 16.2. The predicted octanol–water partition coefficient (Wildman–Crippen LogP) is 3.48. The van der Waals surface area contributed by atoms with Crippen LogP contribution in [0.5, 0.6) is 0 Å². The van der Waals surface area contributed by atoms with Gasteiger partial charge in [0.25, 0.3) is 0 Å². The molecule has 2 heterocycles. The Balaban J connectivity index is 1.42. The van der Waals surface area contributed by atoms with E-state index in [9.17, 15) is 9.59 Å². The molecule has 0 aliphatic carbocycles. The summed E-state index contributed by atoms with van der Waals surface area (Å²) in [5.41, 5.74) is 4.04. The van der Waals surface area contributed by atoms with Crippen LogP contribution in [0.4, 0.5) is 11.4 Å². The van der Waals surface area contributed by atoms with E-state index in [0.29, 0.717) is 24.1 Å². The number of hydrogen-bond acceptors (Lipinski definition) is 4. The monoisotopic (exact) mass is 394 g/mol. The van der Waals surface area contributed by atoms with Crippen molar-refractivity contribution in [2.24, 2.45) is 5.92 Å². The fraction of sp³-hybridized carbons (Fsp3) is 0.435. The number of pyridine rings is 1. The van der Waals surface area contributed by atoms with Gasteiger partial charge in [0.1, 0.15) is 0 Å². The number of piperidine rings is 1. The SMILES string of the molecule is Cc1cc(N2CCC(CNC(=O)C(=O)Nc3ccc(C(C)C)cc3)CC2)ccn1. The molecule has 0 saturated carbocycles. The van der Waals surface area contributed by atoms with Crippen molar-refractivity contribution >= 4 is 23.2 Å². The molecular formula is C23H30N4O2. The minimum absolute atomic E-state index is 0.385. The van der Waals surface area contributed by atoms with Gasteiger partial charge < -0.3 is 15.5 Å². The number of rotatable bonds is 5. The molecule has 0 atom stereocenters. The van der Waals surface area contributed by atoms with Gasteiger partial charge in [-0.05, 0) is 61.4 Å². The normalized spacial score (nSPS) is 14.7. The van der Waals surface area contributed by atoms with Crippen LogP contribution in [0, 0.1) is 12.8 Å². The number of nitrogens with one attached hydrogen (secondary N) is 2. The standard InChI is InChI=1S/C23H30N4O2/c1-16(2)19-4-6-20(7-5-19)26-23(29)22(28)25-15-18-9-12-27(13-10-18)21-8-11-24-17(3)14-21/h4-8,11,14,16,18H,9-10,12-13,15H2,1-3H3,(H,25,28)(H,26,29). The summed E-state index contributed by atoms with van der Waals surface area (Å²) in [6.07, 6.45) is 3.81. The number of anilines is 2. The molecule has 6 heteroatoms. The lowest BCUT2D eigenvalue weighted by molar-refractivity contribution is -0.136. The Hall–Kier alpha value is -2.89. The summed E-state index contributed by atoms with van der Waals surface area (Å²) < 4.78 is 0. The Morgan fingerprint density at radius 2 is 1.79 bits per heavy atom. The Bertz CT molecular complexity index is 840. The molecule has 2 amide bonds. The van der Waals surface area contributed by atoms with Crippen LogP contribution in [0.3, 0.4) is 0 Å². The first-order chi connectivity index (χ1) is 13.9. The second kappa shape index (κ2) is 9.54. The summed E-state index contributed by atoms with van der Waals surface area (Å²) in [4.78, 5) is 30.9. The molecule has 1 fully saturated rings. The van der Waals surface area contributed by atoms with E-state index in [2.05, 4.69) is 40.4 Å². The van der Waals surface area contributed by atoms with Crippen LogP contribution in [-0.4, -0.2) is 36.4 Å². The molecule has 29 heavy (non-hydrogen) atoms. The van der Waals surface area contributed by atoms with Gasteiger partial charge in [0, 0.05) is 42.9 Å². The molecular weight excluding hydrogens is 364 g/mol. The molecule has 0 spiro atoms. The van der Waals surface area contributed by atoms with Crippen LogP contribution >= 0.6 is 0 Å². The van der Waals surface area contributed by atoms with E-state index in [4.69, 9.17) is 0 Å². The zero-order chi connectivity index (χ0) is 20.8. The predicted molar refractivity (Wildman–Crippen MR) is 116 cm³/mol. The Morgan fingerprint density at radius 1 is 1.10 bits per heavy atom.